The van der Waals surface area contributed by atoms with Gasteiger partial charge < -0.3 is 10.2 Å². The Balaban J connectivity index is 2.07. The molecule has 3 aromatic rings. The minimum Gasteiger partial charge on any atom is -0.349 e. The molecule has 0 aliphatic rings. The fraction of sp³-hybridized carbons (Fsp3) is 0.350. The molecule has 3 heterocycles. The molecule has 0 radical (unpaired) electrons. The smallest absolute Gasteiger partial charge is 0.276 e. The molecule has 9 heteroatoms. The maximum absolute atomic E-state index is 13.4. The van der Waals surface area contributed by atoms with Crippen molar-refractivity contribution < 1.29 is 9.59 Å². The molecule has 3 rings (SSSR count). The van der Waals surface area contributed by atoms with Gasteiger partial charge in [0.1, 0.15) is 6.04 Å². The van der Waals surface area contributed by atoms with Crippen LogP contribution in [0.1, 0.15) is 53.3 Å². The zero-order valence-electron chi connectivity index (χ0n) is 16.7. The molecule has 1 atom stereocenters. The van der Waals surface area contributed by atoms with Crippen LogP contribution in [-0.4, -0.2) is 36.8 Å². The molecule has 2 amide bonds. The van der Waals surface area contributed by atoms with Gasteiger partial charge in [0.2, 0.25) is 5.91 Å². The van der Waals surface area contributed by atoms with Crippen LogP contribution >= 0.6 is 22.9 Å². The molecule has 0 aliphatic carbocycles. The normalized spacial score (nSPS) is 12.4. The minimum absolute atomic E-state index is 0.224. The Morgan fingerprint density at radius 2 is 2.07 bits per heavy atom. The summed E-state index contributed by atoms with van der Waals surface area (Å²) in [4.78, 5) is 33.2. The number of amides is 2. The second kappa shape index (κ2) is 8.79. The van der Waals surface area contributed by atoms with Gasteiger partial charge >= 0.3 is 0 Å². The van der Waals surface area contributed by atoms with E-state index in [0.717, 1.165) is 27.5 Å². The molecule has 0 bridgehead atoms. The SMILES string of the molecule is Cc1ccsc1[C@@H](C(=O)NC(C)(C)C)N(Cc1cccnc1)C(=O)c1csnn1. The number of hydrogen-bond acceptors (Lipinski definition) is 7. The predicted molar refractivity (Wildman–Crippen MR) is 114 cm³/mol. The van der Waals surface area contributed by atoms with E-state index in [4.69, 9.17) is 0 Å². The maximum Gasteiger partial charge on any atom is 0.276 e. The Bertz CT molecular complexity index is 964. The number of pyridine rings is 1. The summed E-state index contributed by atoms with van der Waals surface area (Å²) in [6.07, 6.45) is 3.37. The van der Waals surface area contributed by atoms with Gasteiger partial charge in [0.25, 0.3) is 5.91 Å². The third kappa shape index (κ3) is 5.24. The summed E-state index contributed by atoms with van der Waals surface area (Å²) in [5.74, 6) is -0.576. The van der Waals surface area contributed by atoms with Gasteiger partial charge in [-0.05, 0) is 67.9 Å². The van der Waals surface area contributed by atoms with Gasteiger partial charge in [-0.1, -0.05) is 10.6 Å². The number of rotatable bonds is 6. The zero-order chi connectivity index (χ0) is 21.0. The van der Waals surface area contributed by atoms with Crippen LogP contribution in [0.15, 0.2) is 41.4 Å². The number of aromatic nitrogens is 3. The number of aryl methyl sites for hydroxylation is 1. The molecule has 7 nitrogen and oxygen atoms in total. The Morgan fingerprint density at radius 1 is 1.28 bits per heavy atom. The van der Waals surface area contributed by atoms with Gasteiger partial charge in [-0.15, -0.1) is 16.4 Å². The topological polar surface area (TPSA) is 88.1 Å². The van der Waals surface area contributed by atoms with E-state index in [1.807, 2.05) is 51.3 Å². The molecular weight excluding hydrogens is 406 g/mol. The summed E-state index contributed by atoms with van der Waals surface area (Å²) in [6, 6.07) is 4.85. The molecule has 0 aromatic carbocycles. The molecule has 0 saturated carbocycles. The zero-order valence-corrected chi connectivity index (χ0v) is 18.4. The van der Waals surface area contributed by atoms with Gasteiger partial charge in [0.05, 0.1) is 0 Å². The number of carbonyl (C=O) groups excluding carboxylic acids is 2. The summed E-state index contributed by atoms with van der Waals surface area (Å²) in [5, 5.41) is 10.5. The highest BCUT2D eigenvalue weighted by molar-refractivity contribution is 7.10. The lowest BCUT2D eigenvalue weighted by Gasteiger charge is -2.33. The van der Waals surface area contributed by atoms with Gasteiger partial charge in [0, 0.05) is 34.7 Å². The van der Waals surface area contributed by atoms with Crippen molar-refractivity contribution in [3.05, 3.63) is 63.1 Å². The molecule has 0 saturated heterocycles. The van der Waals surface area contributed by atoms with Crippen LogP contribution < -0.4 is 5.32 Å². The van der Waals surface area contributed by atoms with Crippen molar-refractivity contribution in [3.8, 4) is 0 Å². The third-order valence-electron chi connectivity index (χ3n) is 4.12. The van der Waals surface area contributed by atoms with E-state index in [-0.39, 0.29) is 24.1 Å². The van der Waals surface area contributed by atoms with E-state index in [0.29, 0.717) is 0 Å². The highest BCUT2D eigenvalue weighted by Crippen LogP contribution is 2.32. The van der Waals surface area contributed by atoms with Crippen molar-refractivity contribution in [2.45, 2.75) is 45.8 Å². The first-order valence-corrected chi connectivity index (χ1v) is 10.8. The molecular formula is C20H23N5O2S2. The molecule has 29 heavy (non-hydrogen) atoms. The quantitative estimate of drug-likeness (QED) is 0.647. The Labute approximate surface area is 178 Å². The molecule has 1 N–H and O–H groups in total. The van der Waals surface area contributed by atoms with Gasteiger partial charge in [-0.25, -0.2) is 0 Å². The highest BCUT2D eigenvalue weighted by Gasteiger charge is 2.36. The average molecular weight is 430 g/mol. The van der Waals surface area contributed by atoms with Crippen molar-refractivity contribution in [3.63, 3.8) is 0 Å². The van der Waals surface area contributed by atoms with Crippen molar-refractivity contribution in [1.29, 1.82) is 0 Å². The lowest BCUT2D eigenvalue weighted by atomic mass is 10.0. The van der Waals surface area contributed by atoms with Crippen molar-refractivity contribution in [2.75, 3.05) is 0 Å². The predicted octanol–water partition coefficient (Wildman–Crippen LogP) is 3.60. The lowest BCUT2D eigenvalue weighted by Crippen LogP contribution is -2.49. The summed E-state index contributed by atoms with van der Waals surface area (Å²) in [7, 11) is 0. The van der Waals surface area contributed by atoms with Crippen LogP contribution in [0.25, 0.3) is 0 Å². The van der Waals surface area contributed by atoms with E-state index in [1.54, 1.807) is 22.7 Å². The fourth-order valence-electron chi connectivity index (χ4n) is 2.88. The van der Waals surface area contributed by atoms with E-state index >= 15 is 0 Å². The molecule has 3 aromatic heterocycles. The summed E-state index contributed by atoms with van der Waals surface area (Å²) >= 11 is 2.57. The van der Waals surface area contributed by atoms with Crippen LogP contribution in [0.3, 0.4) is 0 Å². The van der Waals surface area contributed by atoms with Crippen LogP contribution in [0.4, 0.5) is 0 Å². The number of nitrogens with one attached hydrogen (secondary N) is 1. The van der Waals surface area contributed by atoms with Crippen LogP contribution in [0.5, 0.6) is 0 Å². The molecule has 0 aliphatic heterocycles. The number of thiophene rings is 1. The van der Waals surface area contributed by atoms with Gasteiger partial charge in [-0.2, -0.15) is 0 Å². The summed E-state index contributed by atoms with van der Waals surface area (Å²) < 4.78 is 3.81. The average Bonchev–Trinajstić information content (AvgIpc) is 3.32. The van der Waals surface area contributed by atoms with Crippen molar-refractivity contribution >= 4 is 34.7 Å². The van der Waals surface area contributed by atoms with Crippen LogP contribution in [-0.2, 0) is 11.3 Å². The fourth-order valence-corrected chi connectivity index (χ4v) is 4.34. The van der Waals surface area contributed by atoms with E-state index in [2.05, 4.69) is 19.9 Å². The Hall–Kier alpha value is -2.65. The second-order valence-electron chi connectivity index (χ2n) is 7.69. The number of hydrogen-bond donors (Lipinski definition) is 1. The Morgan fingerprint density at radius 3 is 2.62 bits per heavy atom. The van der Waals surface area contributed by atoms with Crippen molar-refractivity contribution in [2.24, 2.45) is 0 Å². The van der Waals surface area contributed by atoms with E-state index < -0.39 is 11.6 Å². The maximum atomic E-state index is 13.4. The monoisotopic (exact) mass is 429 g/mol. The first kappa shape index (κ1) is 21.1. The van der Waals surface area contributed by atoms with Gasteiger partial charge in [-0.3, -0.25) is 14.6 Å². The minimum atomic E-state index is -0.788. The molecule has 152 valence electrons. The van der Waals surface area contributed by atoms with Crippen molar-refractivity contribution in [1.82, 2.24) is 24.8 Å². The standard InChI is InChI=1S/C20H23N5O2S2/c1-13-7-9-28-17(13)16(18(26)22-20(2,3)4)25(11-14-6-5-8-21-10-14)19(27)15-12-29-24-23-15/h5-10,12,16H,11H2,1-4H3,(H,22,26)/t16-/m0/s1. The summed E-state index contributed by atoms with van der Waals surface area (Å²) in [6.45, 7) is 7.92. The molecule has 0 fully saturated rings. The van der Waals surface area contributed by atoms with E-state index in [9.17, 15) is 9.59 Å². The number of carbonyl (C=O) groups is 2. The summed E-state index contributed by atoms with van der Waals surface area (Å²) in [5.41, 5.74) is 1.57. The largest absolute Gasteiger partial charge is 0.349 e. The molecule has 0 unspecified atom stereocenters. The first-order valence-electron chi connectivity index (χ1n) is 9.09. The van der Waals surface area contributed by atoms with E-state index in [1.165, 1.54) is 11.3 Å². The Kier molecular flexibility index (Phi) is 6.39. The third-order valence-corrected chi connectivity index (χ3v) is 5.70. The van der Waals surface area contributed by atoms with Crippen LogP contribution in [0, 0.1) is 6.92 Å². The number of nitrogens with zero attached hydrogens (tertiary/aromatic N) is 4. The van der Waals surface area contributed by atoms with Gasteiger partial charge in [0.15, 0.2) is 5.69 Å². The lowest BCUT2D eigenvalue weighted by molar-refractivity contribution is -0.127. The van der Waals surface area contributed by atoms with Crippen LogP contribution in [0.2, 0.25) is 0 Å². The molecule has 0 spiro atoms. The first-order chi connectivity index (χ1) is 13.8. The highest BCUT2D eigenvalue weighted by atomic mass is 32.1. The second-order valence-corrected chi connectivity index (χ2v) is 9.25.